The first-order valence-electron chi connectivity index (χ1n) is 9.85. The van der Waals surface area contributed by atoms with Gasteiger partial charge in [0, 0.05) is 24.2 Å². The topological polar surface area (TPSA) is 105 Å². The second kappa shape index (κ2) is 9.13. The molecule has 1 N–H and O–H groups in total. The van der Waals surface area contributed by atoms with Crippen LogP contribution in [0.25, 0.3) is 12.2 Å². The van der Waals surface area contributed by atoms with E-state index in [-0.39, 0.29) is 23.1 Å². The fourth-order valence-corrected chi connectivity index (χ4v) is 5.90. The van der Waals surface area contributed by atoms with Crippen molar-refractivity contribution in [1.82, 2.24) is 14.4 Å². The molecular formula is C21H22N4O4S2. The molecule has 1 aliphatic heterocycles. The Morgan fingerprint density at radius 3 is 2.90 bits per heavy atom. The molecule has 0 unspecified atom stereocenters. The molecule has 1 saturated heterocycles. The molecule has 3 aromatic heterocycles. The van der Waals surface area contributed by atoms with Crippen molar-refractivity contribution in [1.29, 1.82) is 0 Å². The number of aromatic nitrogens is 2. The first kappa shape index (κ1) is 21.4. The van der Waals surface area contributed by atoms with Crippen molar-refractivity contribution in [2.75, 3.05) is 18.4 Å². The first-order chi connectivity index (χ1) is 14.9. The lowest BCUT2D eigenvalue weighted by Gasteiger charge is -2.31. The van der Waals surface area contributed by atoms with Crippen molar-refractivity contribution < 1.29 is 17.7 Å². The molecule has 1 fully saturated rings. The largest absolute Gasteiger partial charge is 0.355 e. The summed E-state index contributed by atoms with van der Waals surface area (Å²) in [4.78, 5) is 17.8. The predicted octanol–water partition coefficient (Wildman–Crippen LogP) is 3.65. The SMILES string of the molecule is Cc1noc(/C=C/c2cccs2)c1S(=O)(=O)N1CCC[C@H](C(=O)Nc2ccccn2)C1. The van der Waals surface area contributed by atoms with Gasteiger partial charge < -0.3 is 9.84 Å². The Morgan fingerprint density at radius 1 is 1.29 bits per heavy atom. The molecule has 1 atom stereocenters. The van der Waals surface area contributed by atoms with Gasteiger partial charge in [0.2, 0.25) is 15.9 Å². The van der Waals surface area contributed by atoms with E-state index in [0.29, 0.717) is 30.9 Å². The van der Waals surface area contributed by atoms with Gasteiger partial charge in [-0.3, -0.25) is 4.79 Å². The van der Waals surface area contributed by atoms with Gasteiger partial charge in [-0.1, -0.05) is 17.3 Å². The molecule has 0 aromatic carbocycles. The van der Waals surface area contributed by atoms with E-state index in [9.17, 15) is 13.2 Å². The smallest absolute Gasteiger partial charge is 0.248 e. The molecule has 8 nitrogen and oxygen atoms in total. The number of rotatable bonds is 6. The van der Waals surface area contributed by atoms with E-state index in [1.165, 1.54) is 15.6 Å². The van der Waals surface area contributed by atoms with Crippen LogP contribution in [0.4, 0.5) is 5.82 Å². The number of hydrogen-bond donors (Lipinski definition) is 1. The van der Waals surface area contributed by atoms with Gasteiger partial charge in [-0.25, -0.2) is 13.4 Å². The summed E-state index contributed by atoms with van der Waals surface area (Å²) in [5, 5.41) is 8.57. The standard InChI is InChI=1S/C21H22N4O4S2/c1-15-20(18(29-24-15)10-9-17-7-5-13-30-17)31(27,28)25-12-4-6-16(14-25)21(26)23-19-8-2-3-11-22-19/h2-3,5,7-11,13,16H,4,6,12,14H2,1H3,(H,22,23,26)/b10-9+/t16-/m0/s1. The Kier molecular flexibility index (Phi) is 6.30. The van der Waals surface area contributed by atoms with E-state index in [0.717, 1.165) is 4.88 Å². The lowest BCUT2D eigenvalue weighted by Crippen LogP contribution is -2.44. The van der Waals surface area contributed by atoms with E-state index in [4.69, 9.17) is 4.52 Å². The number of piperidine rings is 1. The number of nitrogens with zero attached hydrogens (tertiary/aromatic N) is 3. The predicted molar refractivity (Wildman–Crippen MR) is 119 cm³/mol. The highest BCUT2D eigenvalue weighted by molar-refractivity contribution is 7.89. The lowest BCUT2D eigenvalue weighted by atomic mass is 9.99. The number of thiophene rings is 1. The van der Waals surface area contributed by atoms with Crippen LogP contribution in [-0.2, 0) is 14.8 Å². The molecular weight excluding hydrogens is 436 g/mol. The third kappa shape index (κ3) is 4.76. The number of nitrogens with one attached hydrogen (secondary N) is 1. The van der Waals surface area contributed by atoms with Gasteiger partial charge in [0.05, 0.1) is 5.92 Å². The minimum absolute atomic E-state index is 0.0473. The molecule has 4 rings (SSSR count). The van der Waals surface area contributed by atoms with E-state index in [2.05, 4.69) is 15.5 Å². The Bertz CT molecular complexity index is 1170. The van der Waals surface area contributed by atoms with Gasteiger partial charge in [0.1, 0.15) is 11.5 Å². The summed E-state index contributed by atoms with van der Waals surface area (Å²) in [7, 11) is -3.88. The minimum atomic E-state index is -3.88. The zero-order valence-electron chi connectivity index (χ0n) is 16.9. The Morgan fingerprint density at radius 2 is 2.16 bits per heavy atom. The fraction of sp³-hybridized carbons (Fsp3) is 0.286. The minimum Gasteiger partial charge on any atom is -0.355 e. The van der Waals surface area contributed by atoms with Gasteiger partial charge in [-0.05, 0) is 55.5 Å². The van der Waals surface area contributed by atoms with Crippen LogP contribution in [0.5, 0.6) is 0 Å². The van der Waals surface area contributed by atoms with Crippen LogP contribution in [0.3, 0.4) is 0 Å². The average molecular weight is 459 g/mol. The van der Waals surface area contributed by atoms with Crippen LogP contribution in [0, 0.1) is 12.8 Å². The average Bonchev–Trinajstić information content (AvgIpc) is 3.42. The first-order valence-corrected chi connectivity index (χ1v) is 12.2. The van der Waals surface area contributed by atoms with Gasteiger partial charge in [0.15, 0.2) is 10.7 Å². The molecule has 4 heterocycles. The second-order valence-corrected chi connectivity index (χ2v) is 10.1. The fourth-order valence-electron chi connectivity index (χ4n) is 3.51. The molecule has 0 radical (unpaired) electrons. The van der Waals surface area contributed by atoms with Crippen molar-refractivity contribution in [3.05, 3.63) is 58.2 Å². The van der Waals surface area contributed by atoms with Crippen molar-refractivity contribution in [2.24, 2.45) is 5.92 Å². The molecule has 10 heteroatoms. The highest BCUT2D eigenvalue weighted by Gasteiger charge is 2.37. The van der Waals surface area contributed by atoms with E-state index < -0.39 is 15.9 Å². The summed E-state index contributed by atoms with van der Waals surface area (Å²) in [5.74, 6) is -0.0661. The number of aryl methyl sites for hydroxylation is 1. The normalized spacial score (nSPS) is 17.8. The Hall–Kier alpha value is -2.82. The summed E-state index contributed by atoms with van der Waals surface area (Å²) in [6, 6.07) is 9.07. The summed E-state index contributed by atoms with van der Waals surface area (Å²) in [6.45, 7) is 2.04. The van der Waals surface area contributed by atoms with Crippen LogP contribution in [0.15, 0.2) is 51.3 Å². The molecule has 162 valence electrons. The van der Waals surface area contributed by atoms with Crippen LogP contribution in [0.1, 0.15) is 29.2 Å². The molecule has 0 saturated carbocycles. The Balaban J connectivity index is 1.53. The van der Waals surface area contributed by atoms with Gasteiger partial charge in [-0.2, -0.15) is 4.31 Å². The number of pyridine rings is 1. The van der Waals surface area contributed by atoms with E-state index in [1.807, 2.05) is 17.5 Å². The zero-order chi connectivity index (χ0) is 21.8. The van der Waals surface area contributed by atoms with Crippen LogP contribution < -0.4 is 5.32 Å². The summed E-state index contributed by atoms with van der Waals surface area (Å²) >= 11 is 1.54. The van der Waals surface area contributed by atoms with Gasteiger partial charge >= 0.3 is 0 Å². The molecule has 0 spiro atoms. The highest BCUT2D eigenvalue weighted by atomic mass is 32.2. The van der Waals surface area contributed by atoms with Gasteiger partial charge in [0.25, 0.3) is 0 Å². The van der Waals surface area contributed by atoms with Crippen molar-refractivity contribution in [2.45, 2.75) is 24.7 Å². The summed E-state index contributed by atoms with van der Waals surface area (Å²) in [6.07, 6.45) is 6.20. The molecule has 1 amide bonds. The number of carbonyl (C=O) groups is 1. The van der Waals surface area contributed by atoms with Crippen LogP contribution in [-0.4, -0.2) is 41.9 Å². The van der Waals surface area contributed by atoms with Crippen LogP contribution >= 0.6 is 11.3 Å². The van der Waals surface area contributed by atoms with Crippen LogP contribution in [0.2, 0.25) is 0 Å². The summed E-state index contributed by atoms with van der Waals surface area (Å²) < 4.78 is 33.5. The maximum atomic E-state index is 13.4. The number of anilines is 1. The molecule has 1 aliphatic rings. The third-order valence-corrected chi connectivity index (χ3v) is 7.91. The van der Waals surface area contributed by atoms with E-state index in [1.54, 1.807) is 43.5 Å². The number of hydrogen-bond acceptors (Lipinski definition) is 7. The highest BCUT2D eigenvalue weighted by Crippen LogP contribution is 2.30. The maximum Gasteiger partial charge on any atom is 0.248 e. The molecule has 0 bridgehead atoms. The Labute approximate surface area is 184 Å². The second-order valence-electron chi connectivity index (χ2n) is 7.22. The number of sulfonamides is 1. The van der Waals surface area contributed by atoms with Gasteiger partial charge in [-0.15, -0.1) is 11.3 Å². The number of carbonyl (C=O) groups excluding carboxylic acids is 1. The lowest BCUT2D eigenvalue weighted by molar-refractivity contribution is -0.120. The monoisotopic (exact) mass is 458 g/mol. The van der Waals surface area contributed by atoms with E-state index >= 15 is 0 Å². The summed E-state index contributed by atoms with van der Waals surface area (Å²) in [5.41, 5.74) is 0.297. The van der Waals surface area contributed by atoms with Crippen molar-refractivity contribution in [3.8, 4) is 0 Å². The quantitative estimate of drug-likeness (QED) is 0.604. The number of amides is 1. The maximum absolute atomic E-state index is 13.4. The zero-order valence-corrected chi connectivity index (χ0v) is 18.5. The molecule has 3 aromatic rings. The third-order valence-electron chi connectivity index (χ3n) is 5.04. The molecule has 31 heavy (non-hydrogen) atoms. The van der Waals surface area contributed by atoms with Crippen molar-refractivity contribution in [3.63, 3.8) is 0 Å². The van der Waals surface area contributed by atoms with Crippen molar-refractivity contribution >= 4 is 45.2 Å². The molecule has 0 aliphatic carbocycles.